The zero-order valence-electron chi connectivity index (χ0n) is 17.2. The molecule has 0 heterocycles. The van der Waals surface area contributed by atoms with Gasteiger partial charge in [-0.3, -0.25) is 15.1 Å². The molecule has 0 saturated heterocycles. The van der Waals surface area contributed by atoms with E-state index in [1.54, 1.807) is 11.9 Å². The molecule has 154 valence electrons. The third-order valence-corrected chi connectivity index (χ3v) is 4.76. The molecule has 2 rings (SSSR count). The second-order valence-corrected chi connectivity index (χ2v) is 7.59. The van der Waals surface area contributed by atoms with Crippen LogP contribution in [0.1, 0.15) is 27.8 Å². The van der Waals surface area contributed by atoms with Crippen LogP contribution in [0.2, 0.25) is 0 Å². The number of nitrogens with zero attached hydrogens (tertiary/aromatic N) is 2. The predicted molar refractivity (Wildman–Crippen MR) is 121 cm³/mol. The Morgan fingerprint density at radius 2 is 1.83 bits per heavy atom. The summed E-state index contributed by atoms with van der Waals surface area (Å²) in [6, 6.07) is 11.6. The highest BCUT2D eigenvalue weighted by Gasteiger charge is 2.13. The van der Waals surface area contributed by atoms with Crippen LogP contribution >= 0.6 is 0 Å². The third kappa shape index (κ3) is 7.03. The summed E-state index contributed by atoms with van der Waals surface area (Å²) in [7, 11) is 1.80. The van der Waals surface area contributed by atoms with Gasteiger partial charge in [-0.25, -0.2) is 0 Å². The number of nitrogens with one attached hydrogen (secondary N) is 1. The van der Waals surface area contributed by atoms with E-state index in [-0.39, 0.29) is 17.6 Å². The molecule has 0 amide bonds. The van der Waals surface area contributed by atoms with E-state index in [0.29, 0.717) is 17.9 Å². The Bertz CT molecular complexity index is 924. The lowest BCUT2D eigenvalue weighted by Crippen LogP contribution is -2.27. The van der Waals surface area contributed by atoms with Gasteiger partial charge >= 0.3 is 11.2 Å². The van der Waals surface area contributed by atoms with Crippen LogP contribution in [0.5, 0.6) is 5.75 Å². The predicted octanol–water partition coefficient (Wildman–Crippen LogP) is 2.94. The Labute approximate surface area is 177 Å². The van der Waals surface area contributed by atoms with Crippen molar-refractivity contribution in [1.29, 1.82) is 5.41 Å². The quantitative estimate of drug-likeness (QED) is 0.414. The first kappa shape index (κ1) is 22.6. The molecule has 0 aliphatic rings. The number of carboxylic acids is 1. The number of rotatable bonds is 7. The highest BCUT2D eigenvalue weighted by molar-refractivity contribution is 7.77. The van der Waals surface area contributed by atoms with E-state index in [4.69, 9.17) is 15.3 Å². The topological polar surface area (TPSA) is 86.0 Å². The van der Waals surface area contributed by atoms with Crippen LogP contribution in [-0.2, 0) is 23.8 Å². The van der Waals surface area contributed by atoms with Gasteiger partial charge in [0.15, 0.2) is 5.84 Å². The van der Waals surface area contributed by atoms with Crippen molar-refractivity contribution in [1.82, 2.24) is 4.90 Å². The molecule has 0 radical (unpaired) electrons. The summed E-state index contributed by atoms with van der Waals surface area (Å²) in [6.07, 6.45) is 0.754. The second kappa shape index (κ2) is 10.2. The number of benzene rings is 2. The number of aryl methyl sites for hydroxylation is 3. The zero-order valence-corrected chi connectivity index (χ0v) is 18.2. The van der Waals surface area contributed by atoms with Crippen LogP contribution in [0.25, 0.3) is 0 Å². The molecule has 2 N–H and O–H groups in total. The van der Waals surface area contributed by atoms with Crippen LogP contribution in [0.15, 0.2) is 41.4 Å². The number of carboxylic acid groups (broad SMARTS) is 1. The van der Waals surface area contributed by atoms with Gasteiger partial charge in [0.05, 0.1) is 19.2 Å². The van der Waals surface area contributed by atoms with Crippen molar-refractivity contribution in [3.8, 4) is 5.75 Å². The molecular formula is C22H28N3O3S+. The minimum atomic E-state index is -0.829. The maximum Gasteiger partial charge on any atom is 0.414 e. The summed E-state index contributed by atoms with van der Waals surface area (Å²) >= 11 is 3.36. The van der Waals surface area contributed by atoms with E-state index in [0.717, 1.165) is 28.7 Å². The standard InChI is InChI=1S/C22H27N3O3S/c1-14-5-7-17(8-6-14)21(23)24-22(29)28-19-12-15(2)18(11-16(19)3)9-10-25(4)13-20(26)27/h5-8,11-12H,9-10,13H2,1-4H3,(H,26,27)(H2,23,24,29)/p+1. The number of amidine groups is 1. The van der Waals surface area contributed by atoms with E-state index in [9.17, 15) is 4.79 Å². The Morgan fingerprint density at radius 3 is 2.45 bits per heavy atom. The van der Waals surface area contributed by atoms with Gasteiger partial charge in [-0.15, -0.1) is 4.99 Å². The summed E-state index contributed by atoms with van der Waals surface area (Å²) < 4.78 is 5.81. The number of hydrogen-bond donors (Lipinski definition) is 2. The Hall–Kier alpha value is -2.64. The van der Waals surface area contributed by atoms with Crippen LogP contribution in [-0.4, -0.2) is 47.2 Å². The molecule has 0 saturated carbocycles. The number of carbonyl (C=O) groups is 1. The maximum absolute atomic E-state index is 10.8. The number of aliphatic imine (C=N–C) groups is 1. The van der Waals surface area contributed by atoms with Gasteiger partial charge in [0.25, 0.3) is 0 Å². The van der Waals surface area contributed by atoms with E-state index >= 15 is 0 Å². The number of ether oxygens (including phenoxy) is 1. The maximum atomic E-state index is 10.8. The van der Waals surface area contributed by atoms with Crippen LogP contribution < -0.4 is 4.74 Å². The van der Waals surface area contributed by atoms with E-state index in [1.807, 2.05) is 57.2 Å². The van der Waals surface area contributed by atoms with Gasteiger partial charge in [-0.2, -0.15) is 0 Å². The fraction of sp³-hybridized carbons (Fsp3) is 0.318. The highest BCUT2D eigenvalue weighted by atomic mass is 32.1. The lowest BCUT2D eigenvalue weighted by atomic mass is 10.0. The normalized spacial score (nSPS) is 11.6. The Balaban J connectivity index is 2.06. The zero-order chi connectivity index (χ0) is 21.6. The van der Waals surface area contributed by atoms with Crippen LogP contribution in [0.4, 0.5) is 0 Å². The van der Waals surface area contributed by atoms with E-state index < -0.39 is 5.97 Å². The molecule has 0 unspecified atom stereocenters. The molecule has 29 heavy (non-hydrogen) atoms. The van der Waals surface area contributed by atoms with Crippen molar-refractivity contribution in [2.75, 3.05) is 20.1 Å². The summed E-state index contributed by atoms with van der Waals surface area (Å²) in [5, 5.41) is 17.2. The summed E-state index contributed by atoms with van der Waals surface area (Å²) in [5.41, 5.74) is 4.98. The average molecular weight is 415 g/mol. The summed E-state index contributed by atoms with van der Waals surface area (Å²) in [6.45, 7) is 6.62. The Morgan fingerprint density at radius 1 is 1.17 bits per heavy atom. The van der Waals surface area contributed by atoms with Gasteiger partial charge in [0.2, 0.25) is 0 Å². The van der Waals surface area contributed by atoms with E-state index in [2.05, 4.69) is 17.6 Å². The van der Waals surface area contributed by atoms with Crippen molar-refractivity contribution in [3.05, 3.63) is 64.2 Å². The molecule has 7 heteroatoms. The van der Waals surface area contributed by atoms with Crippen molar-refractivity contribution in [2.24, 2.45) is 4.99 Å². The van der Waals surface area contributed by atoms with Gasteiger partial charge < -0.3 is 9.84 Å². The molecule has 2 aromatic carbocycles. The Kier molecular flexibility index (Phi) is 7.99. The number of hydrogen-bond acceptors (Lipinski definition) is 4. The fourth-order valence-corrected chi connectivity index (χ4v) is 3.08. The first-order valence-corrected chi connectivity index (χ1v) is 9.80. The molecule has 0 aliphatic carbocycles. The largest absolute Gasteiger partial charge is 0.480 e. The second-order valence-electron chi connectivity index (χ2n) is 7.16. The van der Waals surface area contributed by atoms with Crippen molar-refractivity contribution < 1.29 is 14.6 Å². The fourth-order valence-electron chi connectivity index (χ4n) is 2.85. The minimum absolute atomic E-state index is 0.0232. The molecule has 0 aliphatic heterocycles. The van der Waals surface area contributed by atoms with Crippen LogP contribution in [0.3, 0.4) is 0 Å². The monoisotopic (exact) mass is 414 g/mol. The van der Waals surface area contributed by atoms with Gasteiger partial charge in [0, 0.05) is 12.1 Å². The molecular weight excluding hydrogens is 386 g/mol. The van der Waals surface area contributed by atoms with Gasteiger partial charge in [-0.1, -0.05) is 35.9 Å². The van der Waals surface area contributed by atoms with Crippen LogP contribution in [0, 0.1) is 26.2 Å². The smallest absolute Gasteiger partial charge is 0.414 e. The molecule has 2 aromatic rings. The number of likely N-dealkylation sites (N-methyl/N-ethyl adjacent to an activating group) is 1. The molecule has 0 spiro atoms. The molecule has 0 fully saturated rings. The highest BCUT2D eigenvalue weighted by Crippen LogP contribution is 2.24. The molecule has 0 bridgehead atoms. The molecule has 0 aromatic heterocycles. The lowest BCUT2D eigenvalue weighted by molar-refractivity contribution is -0.137. The molecule has 6 nitrogen and oxygen atoms in total. The van der Waals surface area contributed by atoms with Crippen molar-refractivity contribution in [3.63, 3.8) is 0 Å². The number of aliphatic carboxylic acids is 1. The van der Waals surface area contributed by atoms with Gasteiger partial charge in [0.1, 0.15) is 5.75 Å². The average Bonchev–Trinajstić information content (AvgIpc) is 2.63. The van der Waals surface area contributed by atoms with E-state index in [1.165, 1.54) is 0 Å². The summed E-state index contributed by atoms with van der Waals surface area (Å²) in [5.74, 6) is -0.0534. The summed E-state index contributed by atoms with van der Waals surface area (Å²) in [4.78, 5) is 16.7. The lowest BCUT2D eigenvalue weighted by Gasteiger charge is -2.16. The van der Waals surface area contributed by atoms with Gasteiger partial charge in [-0.05, 0) is 57.0 Å². The minimum Gasteiger partial charge on any atom is -0.480 e. The first-order valence-electron chi connectivity index (χ1n) is 9.30. The van der Waals surface area contributed by atoms with Crippen molar-refractivity contribution in [2.45, 2.75) is 27.2 Å². The SMILES string of the molecule is Cc1ccc(C(=N)N=C([SH2+])Oc2cc(C)c(CCN(C)CC(=O)O)cc2C)cc1. The third-order valence-electron chi connectivity index (χ3n) is 4.55. The first-order chi connectivity index (χ1) is 13.7. The van der Waals surface area contributed by atoms with Crippen molar-refractivity contribution >= 4 is 29.7 Å². The molecule has 0 atom stereocenters.